The Labute approximate surface area is 119 Å². The zero-order valence-electron chi connectivity index (χ0n) is 11.5. The lowest BCUT2D eigenvalue weighted by atomic mass is 10.00. The molecule has 1 aromatic carbocycles. The van der Waals surface area contributed by atoms with Gasteiger partial charge in [-0.25, -0.2) is 4.98 Å². The van der Waals surface area contributed by atoms with E-state index < -0.39 is 0 Å². The van der Waals surface area contributed by atoms with Crippen molar-refractivity contribution in [2.24, 2.45) is 5.73 Å². The highest BCUT2D eigenvalue weighted by atomic mass is 32.1. The Balaban J connectivity index is 1.92. The van der Waals surface area contributed by atoms with Gasteiger partial charge in [-0.2, -0.15) is 0 Å². The maximum atomic E-state index is 5.68. The molecular formula is C15H21N3S. The highest BCUT2D eigenvalue weighted by Gasteiger charge is 2.05. The van der Waals surface area contributed by atoms with Crippen LogP contribution < -0.4 is 5.73 Å². The van der Waals surface area contributed by atoms with Crippen molar-refractivity contribution < 1.29 is 0 Å². The molecule has 0 amide bonds. The second-order valence-corrected chi connectivity index (χ2v) is 5.75. The quantitative estimate of drug-likeness (QED) is 0.881. The summed E-state index contributed by atoms with van der Waals surface area (Å²) in [4.78, 5) is 6.58. The van der Waals surface area contributed by atoms with Gasteiger partial charge < -0.3 is 5.73 Å². The number of hydrogen-bond donors (Lipinski definition) is 1. The van der Waals surface area contributed by atoms with Gasteiger partial charge in [-0.15, -0.1) is 11.3 Å². The van der Waals surface area contributed by atoms with Crippen LogP contribution in [0, 0.1) is 0 Å². The Kier molecular flexibility index (Phi) is 5.07. The fraction of sp³-hybridized carbons (Fsp3) is 0.400. The van der Waals surface area contributed by atoms with Gasteiger partial charge in [0.2, 0.25) is 0 Å². The Morgan fingerprint density at radius 2 is 2.00 bits per heavy atom. The molecule has 1 atom stereocenters. The maximum Gasteiger partial charge on any atom is 0.0795 e. The Morgan fingerprint density at radius 1 is 1.26 bits per heavy atom. The molecule has 4 heteroatoms. The first-order valence-corrected chi connectivity index (χ1v) is 7.48. The fourth-order valence-corrected chi connectivity index (χ4v) is 2.60. The van der Waals surface area contributed by atoms with Gasteiger partial charge in [0.1, 0.15) is 0 Å². The van der Waals surface area contributed by atoms with Crippen LogP contribution in [0.2, 0.25) is 0 Å². The van der Waals surface area contributed by atoms with Crippen molar-refractivity contribution in [3.8, 4) is 0 Å². The number of hydrogen-bond acceptors (Lipinski definition) is 4. The lowest BCUT2D eigenvalue weighted by Gasteiger charge is -2.16. The summed E-state index contributed by atoms with van der Waals surface area (Å²) in [6.45, 7) is 4.69. The van der Waals surface area contributed by atoms with E-state index in [1.165, 1.54) is 11.1 Å². The molecule has 19 heavy (non-hydrogen) atoms. The molecule has 1 heterocycles. The topological polar surface area (TPSA) is 42.1 Å². The molecule has 0 bridgehead atoms. The molecule has 1 unspecified atom stereocenters. The first kappa shape index (κ1) is 14.2. The summed E-state index contributed by atoms with van der Waals surface area (Å²) in [7, 11) is 2.12. The van der Waals surface area contributed by atoms with Crippen molar-refractivity contribution in [1.82, 2.24) is 9.88 Å². The SMILES string of the molecule is CC(CN)c1ccc(CN(C)Cc2cscn2)cc1. The van der Waals surface area contributed by atoms with E-state index in [1.807, 2.05) is 5.51 Å². The van der Waals surface area contributed by atoms with Crippen molar-refractivity contribution in [3.63, 3.8) is 0 Å². The van der Waals surface area contributed by atoms with Gasteiger partial charge in [-0.05, 0) is 30.6 Å². The van der Waals surface area contributed by atoms with Crippen molar-refractivity contribution in [2.75, 3.05) is 13.6 Å². The molecule has 0 spiro atoms. The van der Waals surface area contributed by atoms with Crippen LogP contribution in [-0.4, -0.2) is 23.5 Å². The fourth-order valence-electron chi connectivity index (χ4n) is 2.05. The monoisotopic (exact) mass is 275 g/mol. The third-order valence-corrected chi connectivity index (χ3v) is 3.91. The Bertz CT molecular complexity index is 479. The van der Waals surface area contributed by atoms with Crippen molar-refractivity contribution in [2.45, 2.75) is 25.9 Å². The molecule has 0 saturated carbocycles. The smallest absolute Gasteiger partial charge is 0.0795 e. The number of nitrogens with two attached hydrogens (primary N) is 1. The summed E-state index contributed by atoms with van der Waals surface area (Å²) in [6.07, 6.45) is 0. The predicted octanol–water partition coefficient (Wildman–Crippen LogP) is 2.84. The van der Waals surface area contributed by atoms with Crippen molar-refractivity contribution in [1.29, 1.82) is 0 Å². The second-order valence-electron chi connectivity index (χ2n) is 5.03. The zero-order valence-corrected chi connectivity index (χ0v) is 12.4. The van der Waals surface area contributed by atoms with Crippen molar-refractivity contribution >= 4 is 11.3 Å². The molecule has 102 valence electrons. The van der Waals surface area contributed by atoms with E-state index in [0.29, 0.717) is 12.5 Å². The first-order valence-electron chi connectivity index (χ1n) is 6.53. The molecule has 0 aliphatic rings. The lowest BCUT2D eigenvalue weighted by molar-refractivity contribution is 0.316. The summed E-state index contributed by atoms with van der Waals surface area (Å²) < 4.78 is 0. The average Bonchev–Trinajstić information content (AvgIpc) is 2.91. The molecule has 0 aliphatic carbocycles. The summed E-state index contributed by atoms with van der Waals surface area (Å²) in [5, 5.41) is 2.10. The van der Waals surface area contributed by atoms with E-state index in [1.54, 1.807) is 11.3 Å². The number of aromatic nitrogens is 1. The van der Waals surface area contributed by atoms with Gasteiger partial charge in [0.15, 0.2) is 0 Å². The van der Waals surface area contributed by atoms with E-state index in [0.717, 1.165) is 18.8 Å². The predicted molar refractivity (Wildman–Crippen MR) is 81.2 cm³/mol. The Morgan fingerprint density at radius 3 is 2.58 bits per heavy atom. The number of benzene rings is 1. The second kappa shape index (κ2) is 6.80. The Hall–Kier alpha value is -1.23. The van der Waals surface area contributed by atoms with Crippen LogP contribution in [-0.2, 0) is 13.1 Å². The molecule has 0 saturated heterocycles. The van der Waals surface area contributed by atoms with Gasteiger partial charge >= 0.3 is 0 Å². The van der Waals surface area contributed by atoms with Crippen LogP contribution in [0.4, 0.5) is 0 Å². The van der Waals surface area contributed by atoms with Crippen LogP contribution in [0.1, 0.15) is 29.7 Å². The van der Waals surface area contributed by atoms with Crippen LogP contribution in [0.3, 0.4) is 0 Å². The van der Waals surface area contributed by atoms with Gasteiger partial charge in [-0.3, -0.25) is 4.90 Å². The van der Waals surface area contributed by atoms with Crippen LogP contribution in [0.5, 0.6) is 0 Å². The van der Waals surface area contributed by atoms with E-state index in [-0.39, 0.29) is 0 Å². The number of nitrogens with zero attached hydrogens (tertiary/aromatic N) is 2. The highest BCUT2D eigenvalue weighted by Crippen LogP contribution is 2.15. The van der Waals surface area contributed by atoms with Crippen LogP contribution in [0.15, 0.2) is 35.2 Å². The van der Waals surface area contributed by atoms with E-state index in [4.69, 9.17) is 5.73 Å². The van der Waals surface area contributed by atoms with E-state index in [2.05, 4.69) is 53.5 Å². The summed E-state index contributed by atoms with van der Waals surface area (Å²) in [6, 6.07) is 8.76. The standard InChI is InChI=1S/C15H21N3S/c1-12(7-16)14-5-3-13(4-6-14)8-18(2)9-15-10-19-11-17-15/h3-6,10-12H,7-9,16H2,1-2H3. The first-order chi connectivity index (χ1) is 9.19. The maximum absolute atomic E-state index is 5.68. The number of thiazole rings is 1. The molecule has 0 fully saturated rings. The molecule has 0 radical (unpaired) electrons. The largest absolute Gasteiger partial charge is 0.330 e. The van der Waals surface area contributed by atoms with Gasteiger partial charge in [-0.1, -0.05) is 31.2 Å². The van der Waals surface area contributed by atoms with Gasteiger partial charge in [0, 0.05) is 18.5 Å². The zero-order chi connectivity index (χ0) is 13.7. The third kappa shape index (κ3) is 4.13. The third-order valence-electron chi connectivity index (χ3n) is 3.27. The molecular weight excluding hydrogens is 254 g/mol. The molecule has 0 aliphatic heterocycles. The molecule has 3 nitrogen and oxygen atoms in total. The molecule has 2 aromatic rings. The summed E-state index contributed by atoms with van der Waals surface area (Å²) in [5.74, 6) is 0.432. The van der Waals surface area contributed by atoms with Gasteiger partial charge in [0.25, 0.3) is 0 Å². The lowest BCUT2D eigenvalue weighted by Crippen LogP contribution is -2.17. The highest BCUT2D eigenvalue weighted by molar-refractivity contribution is 7.07. The number of rotatable bonds is 6. The molecule has 1 aromatic heterocycles. The van der Waals surface area contributed by atoms with Gasteiger partial charge in [0.05, 0.1) is 11.2 Å². The average molecular weight is 275 g/mol. The normalized spacial score (nSPS) is 12.8. The van der Waals surface area contributed by atoms with Crippen LogP contribution in [0.25, 0.3) is 0 Å². The van der Waals surface area contributed by atoms with Crippen molar-refractivity contribution in [3.05, 3.63) is 52.0 Å². The van der Waals surface area contributed by atoms with E-state index >= 15 is 0 Å². The summed E-state index contributed by atoms with van der Waals surface area (Å²) >= 11 is 1.65. The molecule has 2 N–H and O–H groups in total. The summed E-state index contributed by atoms with van der Waals surface area (Å²) in [5.41, 5.74) is 11.3. The molecule has 2 rings (SSSR count). The van der Waals surface area contributed by atoms with E-state index in [9.17, 15) is 0 Å². The minimum Gasteiger partial charge on any atom is -0.330 e. The minimum atomic E-state index is 0.432. The minimum absolute atomic E-state index is 0.432. The van der Waals surface area contributed by atoms with Crippen LogP contribution >= 0.6 is 11.3 Å².